The summed E-state index contributed by atoms with van der Waals surface area (Å²) < 4.78 is 0. The van der Waals surface area contributed by atoms with Crippen molar-refractivity contribution in [2.24, 2.45) is 0 Å². The highest BCUT2D eigenvalue weighted by molar-refractivity contribution is 5.79. The van der Waals surface area contributed by atoms with Crippen LogP contribution in [-0.2, 0) is 11.2 Å². The number of benzene rings is 1. The molecule has 0 unspecified atom stereocenters. The summed E-state index contributed by atoms with van der Waals surface area (Å²) in [6.07, 6.45) is 4.19. The summed E-state index contributed by atoms with van der Waals surface area (Å²) in [7, 11) is 0. The van der Waals surface area contributed by atoms with Crippen molar-refractivity contribution in [2.75, 3.05) is 0 Å². The van der Waals surface area contributed by atoms with Crippen LogP contribution < -0.4 is 0 Å². The van der Waals surface area contributed by atoms with E-state index in [4.69, 9.17) is 0 Å². The Morgan fingerprint density at radius 3 is 2.80 bits per heavy atom. The van der Waals surface area contributed by atoms with Gasteiger partial charge in [0.25, 0.3) is 0 Å². The Kier molecular flexibility index (Phi) is 2.86. The van der Waals surface area contributed by atoms with Gasteiger partial charge in [0.2, 0.25) is 5.91 Å². The fourth-order valence-corrected chi connectivity index (χ4v) is 2.10. The summed E-state index contributed by atoms with van der Waals surface area (Å²) in [5.41, 5.74) is 1.28. The van der Waals surface area contributed by atoms with Crippen molar-refractivity contribution in [3.05, 3.63) is 48.7 Å². The average molecular weight is 201 g/mol. The SMILES string of the molecule is C=CN1C(=O)CC[C@@H]1Cc1ccccc1. The fourth-order valence-electron chi connectivity index (χ4n) is 2.10. The lowest BCUT2D eigenvalue weighted by molar-refractivity contribution is -0.126. The number of carbonyl (C=O) groups is 1. The van der Waals surface area contributed by atoms with Crippen molar-refractivity contribution < 1.29 is 4.79 Å². The van der Waals surface area contributed by atoms with Crippen LogP contribution in [0.2, 0.25) is 0 Å². The van der Waals surface area contributed by atoms with Crippen molar-refractivity contribution in [3.63, 3.8) is 0 Å². The molecule has 78 valence electrons. The second-order valence-corrected chi connectivity index (χ2v) is 3.87. The van der Waals surface area contributed by atoms with E-state index in [0.717, 1.165) is 12.8 Å². The minimum absolute atomic E-state index is 0.200. The molecule has 1 saturated heterocycles. The van der Waals surface area contributed by atoms with Crippen molar-refractivity contribution >= 4 is 5.91 Å². The lowest BCUT2D eigenvalue weighted by Crippen LogP contribution is -2.29. The van der Waals surface area contributed by atoms with Gasteiger partial charge in [-0.3, -0.25) is 4.79 Å². The molecule has 1 amide bonds. The first-order chi connectivity index (χ1) is 7.31. The average Bonchev–Trinajstić information content (AvgIpc) is 2.61. The Labute approximate surface area is 90.2 Å². The molecule has 0 aliphatic carbocycles. The minimum atomic E-state index is 0.200. The van der Waals surface area contributed by atoms with Gasteiger partial charge in [-0.15, -0.1) is 0 Å². The molecule has 2 heteroatoms. The molecule has 0 N–H and O–H groups in total. The van der Waals surface area contributed by atoms with Gasteiger partial charge in [0.05, 0.1) is 0 Å². The van der Waals surface area contributed by atoms with Crippen molar-refractivity contribution in [2.45, 2.75) is 25.3 Å². The first-order valence-corrected chi connectivity index (χ1v) is 5.29. The Bertz CT molecular complexity index is 358. The normalized spacial score (nSPS) is 20.7. The Morgan fingerprint density at radius 2 is 2.13 bits per heavy atom. The van der Waals surface area contributed by atoms with Crippen LogP contribution in [0.3, 0.4) is 0 Å². The Morgan fingerprint density at radius 1 is 1.40 bits per heavy atom. The van der Waals surface area contributed by atoms with Crippen LogP contribution in [0.4, 0.5) is 0 Å². The monoisotopic (exact) mass is 201 g/mol. The predicted molar refractivity (Wildman–Crippen MR) is 60.2 cm³/mol. The van der Waals surface area contributed by atoms with Gasteiger partial charge in [-0.2, -0.15) is 0 Å². The zero-order valence-corrected chi connectivity index (χ0v) is 8.73. The van der Waals surface area contributed by atoms with Gasteiger partial charge in [-0.25, -0.2) is 0 Å². The number of hydrogen-bond acceptors (Lipinski definition) is 1. The van der Waals surface area contributed by atoms with Gasteiger partial charge in [-0.1, -0.05) is 36.9 Å². The molecule has 1 heterocycles. The molecule has 1 aliphatic rings. The van der Waals surface area contributed by atoms with Crippen molar-refractivity contribution in [3.8, 4) is 0 Å². The van der Waals surface area contributed by atoms with Gasteiger partial charge in [-0.05, 0) is 24.6 Å². The van der Waals surface area contributed by atoms with Crippen LogP contribution >= 0.6 is 0 Å². The third-order valence-corrected chi connectivity index (χ3v) is 2.88. The van der Waals surface area contributed by atoms with E-state index in [1.807, 2.05) is 18.2 Å². The maximum Gasteiger partial charge on any atom is 0.226 e. The topological polar surface area (TPSA) is 20.3 Å². The third kappa shape index (κ3) is 2.09. The summed E-state index contributed by atoms with van der Waals surface area (Å²) in [6.45, 7) is 3.69. The van der Waals surface area contributed by atoms with E-state index in [1.165, 1.54) is 5.56 Å². The highest BCUT2D eigenvalue weighted by Gasteiger charge is 2.28. The second kappa shape index (κ2) is 4.30. The lowest BCUT2D eigenvalue weighted by Gasteiger charge is -2.20. The van der Waals surface area contributed by atoms with E-state index in [9.17, 15) is 4.79 Å². The second-order valence-electron chi connectivity index (χ2n) is 3.87. The first kappa shape index (κ1) is 9.97. The van der Waals surface area contributed by atoms with Crippen LogP contribution in [0.25, 0.3) is 0 Å². The third-order valence-electron chi connectivity index (χ3n) is 2.88. The van der Waals surface area contributed by atoms with E-state index < -0.39 is 0 Å². The van der Waals surface area contributed by atoms with Crippen LogP contribution in [0.1, 0.15) is 18.4 Å². The molecule has 0 bridgehead atoms. The maximum absolute atomic E-state index is 11.5. The number of amides is 1. The molecule has 1 atom stereocenters. The highest BCUT2D eigenvalue weighted by Crippen LogP contribution is 2.22. The minimum Gasteiger partial charge on any atom is -0.316 e. The maximum atomic E-state index is 11.5. The molecule has 0 spiro atoms. The first-order valence-electron chi connectivity index (χ1n) is 5.29. The van der Waals surface area contributed by atoms with Crippen molar-refractivity contribution in [1.29, 1.82) is 0 Å². The van der Waals surface area contributed by atoms with Crippen LogP contribution in [0, 0.1) is 0 Å². The Hall–Kier alpha value is -1.57. The quantitative estimate of drug-likeness (QED) is 0.735. The summed E-state index contributed by atoms with van der Waals surface area (Å²) in [6, 6.07) is 10.6. The van der Waals surface area contributed by atoms with Gasteiger partial charge < -0.3 is 4.90 Å². The molecule has 15 heavy (non-hydrogen) atoms. The highest BCUT2D eigenvalue weighted by atomic mass is 16.2. The molecular weight excluding hydrogens is 186 g/mol. The predicted octanol–water partition coefficient (Wildman–Crippen LogP) is 2.36. The standard InChI is InChI=1S/C13H15NO/c1-2-14-12(8-9-13(14)15)10-11-6-4-3-5-7-11/h2-7,12H,1,8-10H2/t12-/m1/s1. The van der Waals surface area contributed by atoms with Crippen molar-refractivity contribution in [1.82, 2.24) is 4.90 Å². The fraction of sp³-hybridized carbons (Fsp3) is 0.308. The van der Waals surface area contributed by atoms with Gasteiger partial charge in [0.15, 0.2) is 0 Å². The molecule has 1 aromatic carbocycles. The van der Waals surface area contributed by atoms with Crippen LogP contribution in [-0.4, -0.2) is 16.8 Å². The molecule has 2 rings (SSSR count). The molecule has 0 saturated carbocycles. The summed E-state index contributed by atoms with van der Waals surface area (Å²) in [5, 5.41) is 0. The number of carbonyl (C=O) groups excluding carboxylic acids is 1. The van der Waals surface area contributed by atoms with Gasteiger partial charge in [0.1, 0.15) is 0 Å². The molecule has 0 radical (unpaired) electrons. The number of hydrogen-bond donors (Lipinski definition) is 0. The molecule has 0 aromatic heterocycles. The number of likely N-dealkylation sites (tertiary alicyclic amines) is 1. The molecule has 1 aliphatic heterocycles. The van der Waals surface area contributed by atoms with E-state index >= 15 is 0 Å². The number of nitrogens with zero attached hydrogens (tertiary/aromatic N) is 1. The van der Waals surface area contributed by atoms with Crippen LogP contribution in [0.15, 0.2) is 43.1 Å². The van der Waals surface area contributed by atoms with E-state index in [-0.39, 0.29) is 5.91 Å². The molecule has 1 fully saturated rings. The Balaban J connectivity index is 2.07. The van der Waals surface area contributed by atoms with Gasteiger partial charge >= 0.3 is 0 Å². The van der Waals surface area contributed by atoms with Gasteiger partial charge in [0, 0.05) is 12.5 Å². The smallest absolute Gasteiger partial charge is 0.226 e. The molecular formula is C13H15NO. The lowest BCUT2D eigenvalue weighted by atomic mass is 10.0. The van der Waals surface area contributed by atoms with E-state index in [2.05, 4.69) is 18.7 Å². The van der Waals surface area contributed by atoms with E-state index in [0.29, 0.717) is 12.5 Å². The zero-order chi connectivity index (χ0) is 10.7. The zero-order valence-electron chi connectivity index (χ0n) is 8.73. The summed E-state index contributed by atoms with van der Waals surface area (Å²) in [4.78, 5) is 13.2. The largest absolute Gasteiger partial charge is 0.316 e. The molecule has 1 aromatic rings. The summed E-state index contributed by atoms with van der Waals surface area (Å²) >= 11 is 0. The summed E-state index contributed by atoms with van der Waals surface area (Å²) in [5.74, 6) is 0.200. The van der Waals surface area contributed by atoms with Crippen LogP contribution in [0.5, 0.6) is 0 Å². The number of rotatable bonds is 3. The molecule has 2 nitrogen and oxygen atoms in total. The van der Waals surface area contributed by atoms with E-state index in [1.54, 1.807) is 11.1 Å².